The number of anilines is 1. The Morgan fingerprint density at radius 3 is 2.82 bits per heavy atom. The summed E-state index contributed by atoms with van der Waals surface area (Å²) in [5.41, 5.74) is 7.90. The smallest absolute Gasteiger partial charge is 0.231 e. The van der Waals surface area contributed by atoms with Crippen molar-refractivity contribution in [2.24, 2.45) is 11.7 Å². The molecule has 1 amide bonds. The van der Waals surface area contributed by atoms with Crippen molar-refractivity contribution in [1.82, 2.24) is 0 Å². The summed E-state index contributed by atoms with van der Waals surface area (Å²) in [6, 6.07) is 5.58. The number of carbonyl (C=O) groups excluding carboxylic acids is 1. The molecule has 0 aromatic heterocycles. The van der Waals surface area contributed by atoms with Crippen LogP contribution in [0.3, 0.4) is 0 Å². The SMILES string of the molecule is CC(N)C(C)C(=O)N1CCc2ccc(Cl)cc21. The molecule has 2 N–H and O–H groups in total. The standard InChI is InChI=1S/C13H17ClN2O/c1-8(9(2)15)13(17)16-6-5-10-3-4-11(14)7-12(10)16/h3-4,7-9H,5-6,15H2,1-2H3. The van der Waals surface area contributed by atoms with Crippen LogP contribution in [-0.4, -0.2) is 18.5 Å². The van der Waals surface area contributed by atoms with E-state index in [9.17, 15) is 4.79 Å². The number of halogens is 1. The van der Waals surface area contributed by atoms with Crippen LogP contribution in [-0.2, 0) is 11.2 Å². The highest BCUT2D eigenvalue weighted by Gasteiger charge is 2.29. The molecule has 0 spiro atoms. The maximum Gasteiger partial charge on any atom is 0.231 e. The van der Waals surface area contributed by atoms with Gasteiger partial charge in [-0.3, -0.25) is 4.79 Å². The first-order valence-electron chi connectivity index (χ1n) is 5.86. The minimum absolute atomic E-state index is 0.0843. The lowest BCUT2D eigenvalue weighted by Gasteiger charge is -2.23. The minimum atomic E-state index is -0.167. The molecule has 92 valence electrons. The van der Waals surface area contributed by atoms with Crippen molar-refractivity contribution in [2.75, 3.05) is 11.4 Å². The average molecular weight is 253 g/mol. The fourth-order valence-electron chi connectivity index (χ4n) is 2.05. The topological polar surface area (TPSA) is 46.3 Å². The molecule has 1 aliphatic heterocycles. The van der Waals surface area contributed by atoms with Gasteiger partial charge in [-0.2, -0.15) is 0 Å². The largest absolute Gasteiger partial charge is 0.327 e. The molecule has 1 heterocycles. The summed E-state index contributed by atoms with van der Waals surface area (Å²) >= 11 is 5.97. The molecular formula is C13H17ClN2O. The first-order chi connectivity index (χ1) is 8.00. The molecule has 3 nitrogen and oxygen atoms in total. The van der Waals surface area contributed by atoms with Gasteiger partial charge in [0, 0.05) is 23.3 Å². The van der Waals surface area contributed by atoms with E-state index in [-0.39, 0.29) is 17.9 Å². The summed E-state index contributed by atoms with van der Waals surface area (Å²) in [4.78, 5) is 14.1. The lowest BCUT2D eigenvalue weighted by atomic mass is 10.0. The minimum Gasteiger partial charge on any atom is -0.327 e. The molecule has 0 aliphatic carbocycles. The monoisotopic (exact) mass is 252 g/mol. The van der Waals surface area contributed by atoms with Crippen LogP contribution < -0.4 is 10.6 Å². The molecule has 2 atom stereocenters. The zero-order valence-corrected chi connectivity index (χ0v) is 10.9. The van der Waals surface area contributed by atoms with E-state index in [0.29, 0.717) is 5.02 Å². The Labute approximate surface area is 107 Å². The molecule has 0 saturated carbocycles. The predicted octanol–water partition coefficient (Wildman–Crippen LogP) is 2.21. The van der Waals surface area contributed by atoms with E-state index in [0.717, 1.165) is 18.7 Å². The molecule has 2 unspecified atom stereocenters. The third-order valence-electron chi connectivity index (χ3n) is 3.39. The number of benzene rings is 1. The van der Waals surface area contributed by atoms with E-state index in [2.05, 4.69) is 0 Å². The van der Waals surface area contributed by atoms with E-state index in [4.69, 9.17) is 17.3 Å². The number of amides is 1. The zero-order valence-electron chi connectivity index (χ0n) is 10.1. The number of carbonyl (C=O) groups is 1. The molecule has 0 radical (unpaired) electrons. The number of hydrogen-bond acceptors (Lipinski definition) is 2. The van der Waals surface area contributed by atoms with Crippen LogP contribution >= 0.6 is 11.6 Å². The quantitative estimate of drug-likeness (QED) is 0.877. The second-order valence-electron chi connectivity index (χ2n) is 4.66. The highest BCUT2D eigenvalue weighted by molar-refractivity contribution is 6.31. The summed E-state index contributed by atoms with van der Waals surface area (Å²) in [5, 5.41) is 0.664. The molecule has 17 heavy (non-hydrogen) atoms. The Balaban J connectivity index is 2.27. The van der Waals surface area contributed by atoms with Crippen LogP contribution in [0.5, 0.6) is 0 Å². The van der Waals surface area contributed by atoms with Gasteiger partial charge in [0.2, 0.25) is 5.91 Å². The molecule has 0 bridgehead atoms. The molecule has 1 aromatic rings. The first kappa shape index (κ1) is 12.4. The molecule has 1 aromatic carbocycles. The number of hydrogen-bond donors (Lipinski definition) is 1. The summed E-state index contributed by atoms with van der Waals surface area (Å²) < 4.78 is 0. The summed E-state index contributed by atoms with van der Waals surface area (Å²) in [6.45, 7) is 4.46. The van der Waals surface area contributed by atoms with Crippen LogP contribution in [0.2, 0.25) is 5.02 Å². The predicted molar refractivity (Wildman–Crippen MR) is 70.3 cm³/mol. The van der Waals surface area contributed by atoms with Crippen LogP contribution in [0, 0.1) is 5.92 Å². The van der Waals surface area contributed by atoms with Gasteiger partial charge in [-0.1, -0.05) is 24.6 Å². The Morgan fingerprint density at radius 1 is 1.47 bits per heavy atom. The van der Waals surface area contributed by atoms with Gasteiger partial charge in [-0.05, 0) is 31.0 Å². The van der Waals surface area contributed by atoms with Crippen molar-refractivity contribution in [3.8, 4) is 0 Å². The highest BCUT2D eigenvalue weighted by atomic mass is 35.5. The van der Waals surface area contributed by atoms with Crippen molar-refractivity contribution >= 4 is 23.2 Å². The normalized spacial score (nSPS) is 17.8. The van der Waals surface area contributed by atoms with Gasteiger partial charge in [-0.15, -0.1) is 0 Å². The van der Waals surface area contributed by atoms with Gasteiger partial charge in [0.1, 0.15) is 0 Å². The van der Waals surface area contributed by atoms with Gasteiger partial charge in [0.15, 0.2) is 0 Å². The maximum absolute atomic E-state index is 12.3. The summed E-state index contributed by atoms with van der Waals surface area (Å²) in [7, 11) is 0. The van der Waals surface area contributed by atoms with E-state index >= 15 is 0 Å². The zero-order chi connectivity index (χ0) is 12.6. The maximum atomic E-state index is 12.3. The third-order valence-corrected chi connectivity index (χ3v) is 3.62. The number of rotatable bonds is 2. The highest BCUT2D eigenvalue weighted by Crippen LogP contribution is 2.31. The molecule has 2 rings (SSSR count). The van der Waals surface area contributed by atoms with Crippen LogP contribution in [0.4, 0.5) is 5.69 Å². The Morgan fingerprint density at radius 2 is 2.18 bits per heavy atom. The fraction of sp³-hybridized carbons (Fsp3) is 0.462. The van der Waals surface area contributed by atoms with Gasteiger partial charge < -0.3 is 10.6 Å². The third kappa shape index (κ3) is 2.31. The lowest BCUT2D eigenvalue weighted by Crippen LogP contribution is -2.41. The van der Waals surface area contributed by atoms with Gasteiger partial charge >= 0.3 is 0 Å². The van der Waals surface area contributed by atoms with Crippen LogP contribution in [0.15, 0.2) is 18.2 Å². The van der Waals surface area contributed by atoms with Gasteiger partial charge in [0.25, 0.3) is 0 Å². The van der Waals surface area contributed by atoms with E-state index in [1.54, 1.807) is 4.90 Å². The van der Waals surface area contributed by atoms with Crippen molar-refractivity contribution < 1.29 is 4.79 Å². The first-order valence-corrected chi connectivity index (χ1v) is 6.24. The van der Waals surface area contributed by atoms with Crippen molar-refractivity contribution in [2.45, 2.75) is 26.3 Å². The Hall–Kier alpha value is -1.06. The molecule has 0 fully saturated rings. The summed E-state index contributed by atoms with van der Waals surface area (Å²) in [6.07, 6.45) is 0.893. The Bertz CT molecular complexity index is 445. The fourth-order valence-corrected chi connectivity index (χ4v) is 2.22. The van der Waals surface area contributed by atoms with Crippen LogP contribution in [0.1, 0.15) is 19.4 Å². The van der Waals surface area contributed by atoms with Crippen molar-refractivity contribution in [3.05, 3.63) is 28.8 Å². The van der Waals surface area contributed by atoms with Gasteiger partial charge in [0.05, 0.1) is 5.92 Å². The van der Waals surface area contributed by atoms with Crippen molar-refractivity contribution in [1.29, 1.82) is 0 Å². The number of nitrogens with zero attached hydrogens (tertiary/aromatic N) is 1. The van der Waals surface area contributed by atoms with E-state index in [1.807, 2.05) is 32.0 Å². The molecule has 0 saturated heterocycles. The number of fused-ring (bicyclic) bond motifs is 1. The van der Waals surface area contributed by atoms with Gasteiger partial charge in [-0.25, -0.2) is 0 Å². The molecule has 4 heteroatoms. The molecular weight excluding hydrogens is 236 g/mol. The summed E-state index contributed by atoms with van der Waals surface area (Å²) in [5.74, 6) is -0.0825. The van der Waals surface area contributed by atoms with Crippen molar-refractivity contribution in [3.63, 3.8) is 0 Å². The lowest BCUT2D eigenvalue weighted by molar-refractivity contribution is -0.122. The Kier molecular flexibility index (Phi) is 3.40. The molecule has 1 aliphatic rings. The van der Waals surface area contributed by atoms with Crippen LogP contribution in [0.25, 0.3) is 0 Å². The second-order valence-corrected chi connectivity index (χ2v) is 5.10. The number of nitrogens with two attached hydrogens (primary N) is 1. The second kappa shape index (κ2) is 4.67. The van der Waals surface area contributed by atoms with E-state index in [1.165, 1.54) is 5.56 Å². The average Bonchev–Trinajstić information content (AvgIpc) is 2.69. The van der Waals surface area contributed by atoms with E-state index < -0.39 is 0 Å².